The Balaban J connectivity index is 1.91. The maximum Gasteiger partial charge on any atom is 0.140 e. The second kappa shape index (κ2) is 5.19. The predicted molar refractivity (Wildman–Crippen MR) is 75.0 cm³/mol. The van der Waals surface area contributed by atoms with Crippen molar-refractivity contribution < 1.29 is 0 Å². The molecule has 0 saturated heterocycles. The van der Waals surface area contributed by atoms with Crippen LogP contribution in [0.5, 0.6) is 0 Å². The molecule has 2 aromatic heterocycles. The van der Waals surface area contributed by atoms with E-state index in [0.717, 1.165) is 18.5 Å². The van der Waals surface area contributed by atoms with E-state index in [1.165, 1.54) is 24.2 Å². The molecule has 1 aliphatic rings. The van der Waals surface area contributed by atoms with Crippen LogP contribution in [-0.2, 0) is 19.4 Å². The monoisotopic (exact) mass is 277 g/mol. The van der Waals surface area contributed by atoms with Crippen LogP contribution in [-0.4, -0.2) is 14.5 Å². The molecule has 2 heterocycles. The lowest BCUT2D eigenvalue weighted by Crippen LogP contribution is -2.12. The molecule has 2 aromatic rings. The van der Waals surface area contributed by atoms with E-state index in [1.54, 1.807) is 6.07 Å². The highest BCUT2D eigenvalue weighted by molar-refractivity contribution is 6.31. The maximum atomic E-state index is 6.19. The molecule has 0 saturated carbocycles. The van der Waals surface area contributed by atoms with Crippen molar-refractivity contribution in [2.24, 2.45) is 5.84 Å². The number of aryl methyl sites for hydroxylation is 1. The van der Waals surface area contributed by atoms with Crippen LogP contribution in [0.4, 0.5) is 5.82 Å². The average Bonchev–Trinajstić information content (AvgIpc) is 2.85. The molecule has 3 rings (SSSR count). The summed E-state index contributed by atoms with van der Waals surface area (Å²) in [5.41, 5.74) is 5.88. The molecule has 19 heavy (non-hydrogen) atoms. The van der Waals surface area contributed by atoms with Crippen LogP contribution >= 0.6 is 11.6 Å². The first kappa shape index (κ1) is 12.4. The summed E-state index contributed by atoms with van der Waals surface area (Å²) in [5, 5.41) is 0.650. The number of aromatic nitrogens is 3. The van der Waals surface area contributed by atoms with Crippen molar-refractivity contribution in [3.05, 3.63) is 40.6 Å². The second-order valence-corrected chi connectivity index (χ2v) is 5.15. The van der Waals surface area contributed by atoms with Crippen LogP contribution in [0.1, 0.15) is 29.9 Å². The van der Waals surface area contributed by atoms with Crippen molar-refractivity contribution in [3.8, 4) is 0 Å². The highest BCUT2D eigenvalue weighted by Crippen LogP contribution is 2.23. The van der Waals surface area contributed by atoms with E-state index in [4.69, 9.17) is 17.4 Å². The number of halogens is 1. The van der Waals surface area contributed by atoms with Gasteiger partial charge in [-0.1, -0.05) is 11.6 Å². The van der Waals surface area contributed by atoms with Gasteiger partial charge in [-0.05, 0) is 37.8 Å². The molecule has 0 bridgehead atoms. The van der Waals surface area contributed by atoms with Crippen molar-refractivity contribution in [2.45, 2.75) is 32.2 Å². The largest absolute Gasteiger partial charge is 0.328 e. The SMILES string of the molecule is NNc1ccc(Cl)c(Cn2cnc3c2CCCC3)n1. The van der Waals surface area contributed by atoms with Crippen molar-refractivity contribution in [1.82, 2.24) is 14.5 Å². The third kappa shape index (κ3) is 2.43. The number of nitrogens with two attached hydrogens (primary N) is 1. The van der Waals surface area contributed by atoms with E-state index < -0.39 is 0 Å². The average molecular weight is 278 g/mol. The zero-order chi connectivity index (χ0) is 13.2. The molecule has 0 atom stereocenters. The van der Waals surface area contributed by atoms with E-state index >= 15 is 0 Å². The van der Waals surface area contributed by atoms with Crippen molar-refractivity contribution in [2.75, 3.05) is 5.43 Å². The Hall–Kier alpha value is -1.59. The number of hydrogen-bond acceptors (Lipinski definition) is 4. The summed E-state index contributed by atoms with van der Waals surface area (Å²) in [6.07, 6.45) is 6.51. The standard InChI is InChI=1S/C13H16ClN5/c14-9-5-6-13(18-15)17-11(9)7-19-8-16-10-3-1-2-4-12(10)19/h5-6,8H,1-4,7,15H2,(H,17,18). The summed E-state index contributed by atoms with van der Waals surface area (Å²) in [5.74, 6) is 6.00. The fraction of sp³-hybridized carbons (Fsp3) is 0.385. The van der Waals surface area contributed by atoms with Gasteiger partial charge < -0.3 is 9.99 Å². The first-order chi connectivity index (χ1) is 9.28. The summed E-state index contributed by atoms with van der Waals surface area (Å²) in [6, 6.07) is 3.57. The minimum atomic E-state index is 0.619. The Kier molecular flexibility index (Phi) is 3.40. The van der Waals surface area contributed by atoms with Gasteiger partial charge in [0.25, 0.3) is 0 Å². The molecule has 0 aromatic carbocycles. The van der Waals surface area contributed by atoms with Gasteiger partial charge in [0.2, 0.25) is 0 Å². The number of fused-ring (bicyclic) bond motifs is 1. The Morgan fingerprint density at radius 2 is 2.16 bits per heavy atom. The van der Waals surface area contributed by atoms with Crippen LogP contribution in [0.2, 0.25) is 5.02 Å². The Labute approximate surface area is 116 Å². The summed E-state index contributed by atoms with van der Waals surface area (Å²) in [7, 11) is 0. The first-order valence-electron chi connectivity index (χ1n) is 6.43. The van der Waals surface area contributed by atoms with Gasteiger partial charge in [-0.15, -0.1) is 0 Å². The Bertz CT molecular complexity index is 593. The van der Waals surface area contributed by atoms with E-state index in [9.17, 15) is 0 Å². The molecule has 0 aliphatic heterocycles. The normalized spacial score (nSPS) is 14.2. The summed E-state index contributed by atoms with van der Waals surface area (Å²) in [6.45, 7) is 0.636. The molecular formula is C13H16ClN5. The molecule has 0 spiro atoms. The number of pyridine rings is 1. The zero-order valence-electron chi connectivity index (χ0n) is 10.6. The second-order valence-electron chi connectivity index (χ2n) is 4.74. The van der Waals surface area contributed by atoms with Crippen LogP contribution in [0, 0.1) is 0 Å². The van der Waals surface area contributed by atoms with Gasteiger partial charge in [0.1, 0.15) is 5.82 Å². The van der Waals surface area contributed by atoms with E-state index in [0.29, 0.717) is 17.4 Å². The van der Waals surface area contributed by atoms with E-state index in [2.05, 4.69) is 20.0 Å². The molecule has 0 unspecified atom stereocenters. The number of imidazole rings is 1. The molecule has 1 aliphatic carbocycles. The Morgan fingerprint density at radius 1 is 1.32 bits per heavy atom. The topological polar surface area (TPSA) is 68.8 Å². The van der Waals surface area contributed by atoms with Gasteiger partial charge in [-0.25, -0.2) is 15.8 Å². The van der Waals surface area contributed by atoms with Gasteiger partial charge in [0.05, 0.1) is 29.3 Å². The van der Waals surface area contributed by atoms with Crippen LogP contribution < -0.4 is 11.3 Å². The lowest BCUT2D eigenvalue weighted by atomic mass is 10.0. The zero-order valence-corrected chi connectivity index (χ0v) is 11.3. The molecule has 0 fully saturated rings. The summed E-state index contributed by atoms with van der Waals surface area (Å²) < 4.78 is 2.14. The number of nitrogens with one attached hydrogen (secondary N) is 1. The highest BCUT2D eigenvalue weighted by Gasteiger charge is 2.16. The highest BCUT2D eigenvalue weighted by atomic mass is 35.5. The van der Waals surface area contributed by atoms with Crippen molar-refractivity contribution >= 4 is 17.4 Å². The van der Waals surface area contributed by atoms with Gasteiger partial charge in [0, 0.05) is 5.69 Å². The Morgan fingerprint density at radius 3 is 3.00 bits per heavy atom. The number of hydrazine groups is 1. The van der Waals surface area contributed by atoms with Crippen LogP contribution in [0.3, 0.4) is 0 Å². The molecule has 100 valence electrons. The summed E-state index contributed by atoms with van der Waals surface area (Å²) >= 11 is 6.19. The molecule has 6 heteroatoms. The third-order valence-corrected chi connectivity index (χ3v) is 3.84. The van der Waals surface area contributed by atoms with E-state index in [1.807, 2.05) is 12.4 Å². The third-order valence-electron chi connectivity index (χ3n) is 3.50. The smallest absolute Gasteiger partial charge is 0.140 e. The number of rotatable bonds is 3. The van der Waals surface area contributed by atoms with Crippen LogP contribution in [0.15, 0.2) is 18.5 Å². The minimum absolute atomic E-state index is 0.619. The summed E-state index contributed by atoms with van der Waals surface area (Å²) in [4.78, 5) is 8.87. The molecular weight excluding hydrogens is 262 g/mol. The minimum Gasteiger partial charge on any atom is -0.328 e. The maximum absolute atomic E-state index is 6.19. The first-order valence-corrected chi connectivity index (χ1v) is 6.80. The number of nitrogens with zero attached hydrogens (tertiary/aromatic N) is 3. The van der Waals surface area contributed by atoms with E-state index in [-0.39, 0.29) is 0 Å². The fourth-order valence-electron chi connectivity index (χ4n) is 2.50. The number of anilines is 1. The quantitative estimate of drug-likeness (QED) is 0.666. The number of hydrogen-bond donors (Lipinski definition) is 2. The molecule has 0 radical (unpaired) electrons. The fourth-order valence-corrected chi connectivity index (χ4v) is 2.67. The van der Waals surface area contributed by atoms with Gasteiger partial charge in [-0.2, -0.15) is 0 Å². The number of nitrogen functional groups attached to an aromatic ring is 1. The molecule has 5 nitrogen and oxygen atoms in total. The molecule has 0 amide bonds. The molecule has 3 N–H and O–H groups in total. The van der Waals surface area contributed by atoms with Crippen molar-refractivity contribution in [3.63, 3.8) is 0 Å². The van der Waals surface area contributed by atoms with Crippen molar-refractivity contribution in [1.29, 1.82) is 0 Å². The lowest BCUT2D eigenvalue weighted by Gasteiger charge is -2.14. The van der Waals surface area contributed by atoms with Gasteiger partial charge >= 0.3 is 0 Å². The van der Waals surface area contributed by atoms with Gasteiger partial charge in [0.15, 0.2) is 0 Å². The lowest BCUT2D eigenvalue weighted by molar-refractivity contribution is 0.625. The van der Waals surface area contributed by atoms with Crippen LogP contribution in [0.25, 0.3) is 0 Å². The predicted octanol–water partition coefficient (Wildman–Crippen LogP) is 2.14. The van der Waals surface area contributed by atoms with Gasteiger partial charge in [-0.3, -0.25) is 0 Å².